The Hall–Kier alpha value is -0.500. The Kier molecular flexibility index (Phi) is 3.60. The van der Waals surface area contributed by atoms with Crippen molar-refractivity contribution in [3.05, 3.63) is 11.3 Å². The number of hydrogen-bond donors (Lipinski definition) is 2. The highest BCUT2D eigenvalue weighted by atomic mass is 16.3. The predicted octanol–water partition coefficient (Wildman–Crippen LogP) is 1.66. The first-order valence-electron chi connectivity index (χ1n) is 4.80. The largest absolute Gasteiger partial charge is 0.395 e. The molecular weight excluding hydrogens is 150 g/mol. The van der Waals surface area contributed by atoms with Crippen LogP contribution in [0.2, 0.25) is 0 Å². The van der Waals surface area contributed by atoms with Gasteiger partial charge in [-0.2, -0.15) is 0 Å². The number of rotatable bonds is 3. The molecule has 0 saturated carbocycles. The number of allylic oxidation sites excluding steroid dienone is 2. The van der Waals surface area contributed by atoms with Gasteiger partial charge in [0.2, 0.25) is 0 Å². The summed E-state index contributed by atoms with van der Waals surface area (Å²) in [6.07, 6.45) is 3.82. The molecule has 2 heteroatoms. The minimum absolute atomic E-state index is 0.226. The average Bonchev–Trinajstić information content (AvgIpc) is 2.04. The normalized spacial score (nSPS) is 24.4. The summed E-state index contributed by atoms with van der Waals surface area (Å²) in [5.74, 6) is 0.658. The molecule has 2 N–H and O–H groups in total. The summed E-state index contributed by atoms with van der Waals surface area (Å²) in [5.41, 5.74) is 2.84. The Morgan fingerprint density at radius 1 is 1.58 bits per heavy atom. The molecule has 1 aliphatic rings. The number of hydrogen-bond acceptors (Lipinski definition) is 2. The predicted molar refractivity (Wildman–Crippen MR) is 50.8 cm³/mol. The van der Waals surface area contributed by atoms with Gasteiger partial charge < -0.3 is 10.4 Å². The summed E-state index contributed by atoms with van der Waals surface area (Å²) >= 11 is 0. The van der Waals surface area contributed by atoms with E-state index in [1.165, 1.54) is 30.5 Å². The fourth-order valence-corrected chi connectivity index (χ4v) is 1.89. The lowest BCUT2D eigenvalue weighted by atomic mass is 9.89. The van der Waals surface area contributed by atoms with E-state index >= 15 is 0 Å². The highest BCUT2D eigenvalue weighted by Gasteiger charge is 2.15. The summed E-state index contributed by atoms with van der Waals surface area (Å²) in [6, 6.07) is 0. The molecule has 1 atom stereocenters. The molecule has 0 amide bonds. The maximum Gasteiger partial charge on any atom is 0.0603 e. The van der Waals surface area contributed by atoms with Crippen molar-refractivity contribution in [3.63, 3.8) is 0 Å². The molecule has 0 heterocycles. The van der Waals surface area contributed by atoms with Crippen molar-refractivity contribution in [2.24, 2.45) is 5.92 Å². The van der Waals surface area contributed by atoms with E-state index in [1.807, 2.05) is 0 Å². The van der Waals surface area contributed by atoms with E-state index in [2.05, 4.69) is 19.2 Å². The van der Waals surface area contributed by atoms with Crippen LogP contribution in [0.4, 0.5) is 0 Å². The van der Waals surface area contributed by atoms with Crippen molar-refractivity contribution in [3.8, 4) is 0 Å². The van der Waals surface area contributed by atoms with Crippen LogP contribution in [-0.4, -0.2) is 18.3 Å². The van der Waals surface area contributed by atoms with E-state index in [4.69, 9.17) is 5.11 Å². The molecule has 70 valence electrons. The van der Waals surface area contributed by atoms with Crippen LogP contribution in [0.3, 0.4) is 0 Å². The minimum atomic E-state index is 0.226. The molecule has 0 aromatic rings. The molecule has 1 rings (SSSR count). The quantitative estimate of drug-likeness (QED) is 0.673. The SMILES string of the molecule is CC1=C(NCCO)C(C)CCC1. The van der Waals surface area contributed by atoms with Crippen molar-refractivity contribution in [2.45, 2.75) is 33.1 Å². The maximum atomic E-state index is 8.68. The lowest BCUT2D eigenvalue weighted by Gasteiger charge is -2.25. The van der Waals surface area contributed by atoms with Gasteiger partial charge in [-0.05, 0) is 32.1 Å². The van der Waals surface area contributed by atoms with Crippen LogP contribution in [0.25, 0.3) is 0 Å². The third kappa shape index (κ3) is 2.24. The zero-order valence-electron chi connectivity index (χ0n) is 8.06. The summed E-state index contributed by atoms with van der Waals surface area (Å²) in [4.78, 5) is 0. The minimum Gasteiger partial charge on any atom is -0.395 e. The second-order valence-corrected chi connectivity index (χ2v) is 3.64. The van der Waals surface area contributed by atoms with Gasteiger partial charge in [-0.15, -0.1) is 0 Å². The highest BCUT2D eigenvalue weighted by Crippen LogP contribution is 2.27. The fraction of sp³-hybridized carbons (Fsp3) is 0.800. The first-order chi connectivity index (χ1) is 5.75. The molecule has 1 aliphatic carbocycles. The molecule has 2 nitrogen and oxygen atoms in total. The van der Waals surface area contributed by atoms with Gasteiger partial charge in [0.25, 0.3) is 0 Å². The van der Waals surface area contributed by atoms with Crippen molar-refractivity contribution < 1.29 is 5.11 Å². The van der Waals surface area contributed by atoms with Crippen molar-refractivity contribution >= 4 is 0 Å². The summed E-state index contributed by atoms with van der Waals surface area (Å²) < 4.78 is 0. The Morgan fingerprint density at radius 3 is 2.92 bits per heavy atom. The van der Waals surface area contributed by atoms with Gasteiger partial charge in [-0.1, -0.05) is 12.5 Å². The lowest BCUT2D eigenvalue weighted by Crippen LogP contribution is -2.25. The second kappa shape index (κ2) is 4.51. The van der Waals surface area contributed by atoms with E-state index in [0.717, 1.165) is 0 Å². The Labute approximate surface area is 74.7 Å². The van der Waals surface area contributed by atoms with Gasteiger partial charge in [0.15, 0.2) is 0 Å². The van der Waals surface area contributed by atoms with Gasteiger partial charge >= 0.3 is 0 Å². The molecule has 0 aromatic carbocycles. The standard InChI is InChI=1S/C10H19NO/c1-8-4-3-5-9(2)10(8)11-6-7-12/h8,11-12H,3-7H2,1-2H3. The molecule has 0 saturated heterocycles. The average molecular weight is 169 g/mol. The highest BCUT2D eigenvalue weighted by molar-refractivity contribution is 5.15. The number of nitrogens with one attached hydrogen (secondary N) is 1. The number of aliphatic hydroxyl groups is 1. The van der Waals surface area contributed by atoms with Crippen molar-refractivity contribution in [2.75, 3.05) is 13.2 Å². The van der Waals surface area contributed by atoms with Crippen molar-refractivity contribution in [1.29, 1.82) is 0 Å². The van der Waals surface area contributed by atoms with Crippen LogP contribution in [0, 0.1) is 5.92 Å². The first kappa shape index (κ1) is 9.59. The zero-order valence-corrected chi connectivity index (χ0v) is 8.06. The van der Waals surface area contributed by atoms with E-state index in [1.54, 1.807) is 0 Å². The van der Waals surface area contributed by atoms with Crippen LogP contribution < -0.4 is 5.32 Å². The lowest BCUT2D eigenvalue weighted by molar-refractivity contribution is 0.293. The molecule has 0 bridgehead atoms. The van der Waals surface area contributed by atoms with E-state index < -0.39 is 0 Å². The number of aliphatic hydroxyl groups excluding tert-OH is 1. The van der Waals surface area contributed by atoms with Gasteiger partial charge in [0.05, 0.1) is 6.61 Å². The second-order valence-electron chi connectivity index (χ2n) is 3.64. The maximum absolute atomic E-state index is 8.68. The molecule has 0 aromatic heterocycles. The first-order valence-corrected chi connectivity index (χ1v) is 4.80. The molecular formula is C10H19NO. The Balaban J connectivity index is 2.55. The molecule has 12 heavy (non-hydrogen) atoms. The molecule has 1 unspecified atom stereocenters. The third-order valence-electron chi connectivity index (χ3n) is 2.57. The van der Waals surface area contributed by atoms with Crippen LogP contribution in [0.15, 0.2) is 11.3 Å². The van der Waals surface area contributed by atoms with E-state index in [9.17, 15) is 0 Å². The smallest absolute Gasteiger partial charge is 0.0603 e. The van der Waals surface area contributed by atoms with Gasteiger partial charge in [-0.3, -0.25) is 0 Å². The monoisotopic (exact) mass is 169 g/mol. The Bertz CT molecular complexity index is 175. The van der Waals surface area contributed by atoms with Crippen LogP contribution in [0.5, 0.6) is 0 Å². The topological polar surface area (TPSA) is 32.3 Å². The molecule has 0 spiro atoms. The van der Waals surface area contributed by atoms with Gasteiger partial charge in [0, 0.05) is 12.2 Å². The zero-order chi connectivity index (χ0) is 8.97. The summed E-state index contributed by atoms with van der Waals surface area (Å²) in [6.45, 7) is 5.36. The molecule has 0 aliphatic heterocycles. The van der Waals surface area contributed by atoms with E-state index in [-0.39, 0.29) is 6.61 Å². The Morgan fingerprint density at radius 2 is 2.33 bits per heavy atom. The fourth-order valence-electron chi connectivity index (χ4n) is 1.89. The van der Waals surface area contributed by atoms with Gasteiger partial charge in [0.1, 0.15) is 0 Å². The van der Waals surface area contributed by atoms with E-state index in [0.29, 0.717) is 12.5 Å². The third-order valence-corrected chi connectivity index (χ3v) is 2.57. The summed E-state index contributed by atoms with van der Waals surface area (Å²) in [5, 5.41) is 12.0. The van der Waals surface area contributed by atoms with Crippen LogP contribution in [-0.2, 0) is 0 Å². The molecule has 0 fully saturated rings. The summed E-state index contributed by atoms with van der Waals surface area (Å²) in [7, 11) is 0. The van der Waals surface area contributed by atoms with Crippen molar-refractivity contribution in [1.82, 2.24) is 5.32 Å². The van der Waals surface area contributed by atoms with Crippen LogP contribution >= 0.6 is 0 Å². The van der Waals surface area contributed by atoms with Gasteiger partial charge in [-0.25, -0.2) is 0 Å². The molecule has 0 radical (unpaired) electrons. The van der Waals surface area contributed by atoms with Crippen LogP contribution in [0.1, 0.15) is 33.1 Å².